The average Bonchev–Trinajstić information content (AvgIpc) is 2.71. The van der Waals surface area contributed by atoms with Crippen LogP contribution in [0.4, 0.5) is 4.79 Å². The van der Waals surface area contributed by atoms with Crippen LogP contribution >= 0.6 is 0 Å². The molecule has 0 aliphatic rings. The van der Waals surface area contributed by atoms with E-state index >= 15 is 0 Å². The molecule has 0 aliphatic carbocycles. The Morgan fingerprint density at radius 3 is 2.56 bits per heavy atom. The van der Waals surface area contributed by atoms with Gasteiger partial charge in [-0.25, -0.2) is 14.3 Å². The molecule has 9 heteroatoms. The van der Waals surface area contributed by atoms with E-state index in [0.717, 1.165) is 4.68 Å². The van der Waals surface area contributed by atoms with Crippen LogP contribution in [0.2, 0.25) is 0 Å². The SMILES string of the molecule is CCc1c(C(=O)O)nnn1CC(=O)NC(=O)NC. The Labute approximate surface area is 102 Å². The van der Waals surface area contributed by atoms with Gasteiger partial charge in [0, 0.05) is 7.05 Å². The number of nitrogens with one attached hydrogen (secondary N) is 2. The third kappa shape index (κ3) is 3.03. The number of hydrogen-bond donors (Lipinski definition) is 3. The zero-order chi connectivity index (χ0) is 13.7. The number of carbonyl (C=O) groups excluding carboxylic acids is 2. The van der Waals surface area contributed by atoms with Crippen molar-refractivity contribution >= 4 is 17.9 Å². The molecule has 3 N–H and O–H groups in total. The molecule has 0 saturated heterocycles. The molecule has 98 valence electrons. The molecule has 9 nitrogen and oxygen atoms in total. The highest BCUT2D eigenvalue weighted by molar-refractivity contribution is 5.94. The predicted octanol–water partition coefficient (Wildman–Crippen LogP) is -1.01. The molecule has 0 bridgehead atoms. The zero-order valence-corrected chi connectivity index (χ0v) is 9.93. The largest absolute Gasteiger partial charge is 0.476 e. The fourth-order valence-corrected chi connectivity index (χ4v) is 1.34. The van der Waals surface area contributed by atoms with Gasteiger partial charge in [0.05, 0.1) is 5.69 Å². The number of imide groups is 1. The summed E-state index contributed by atoms with van der Waals surface area (Å²) in [7, 11) is 1.37. The summed E-state index contributed by atoms with van der Waals surface area (Å²) in [6, 6.07) is -0.642. The number of nitrogens with zero attached hydrogens (tertiary/aromatic N) is 3. The molecule has 0 unspecified atom stereocenters. The van der Waals surface area contributed by atoms with E-state index in [1.165, 1.54) is 7.05 Å². The summed E-state index contributed by atoms with van der Waals surface area (Å²) in [5.41, 5.74) is 0.139. The molecule has 1 aromatic rings. The number of carboxylic acids is 1. The summed E-state index contributed by atoms with van der Waals surface area (Å²) in [4.78, 5) is 33.1. The Kier molecular flexibility index (Phi) is 4.35. The van der Waals surface area contributed by atoms with Gasteiger partial charge in [0.15, 0.2) is 5.69 Å². The van der Waals surface area contributed by atoms with Gasteiger partial charge in [-0.3, -0.25) is 10.1 Å². The summed E-state index contributed by atoms with van der Waals surface area (Å²) in [5.74, 6) is -1.81. The number of aromatic carboxylic acids is 1. The lowest BCUT2D eigenvalue weighted by atomic mass is 10.2. The van der Waals surface area contributed by atoms with E-state index in [2.05, 4.69) is 15.6 Å². The number of carbonyl (C=O) groups is 3. The first kappa shape index (κ1) is 13.6. The van der Waals surface area contributed by atoms with E-state index < -0.39 is 17.9 Å². The summed E-state index contributed by atoms with van der Waals surface area (Å²) >= 11 is 0. The van der Waals surface area contributed by atoms with Crippen molar-refractivity contribution in [3.05, 3.63) is 11.4 Å². The van der Waals surface area contributed by atoms with Crippen LogP contribution < -0.4 is 10.6 Å². The second kappa shape index (κ2) is 5.75. The number of urea groups is 1. The maximum atomic E-state index is 11.4. The van der Waals surface area contributed by atoms with Crippen LogP contribution in [0.1, 0.15) is 23.1 Å². The molecular formula is C9H13N5O4. The molecule has 0 radical (unpaired) electrons. The quantitative estimate of drug-likeness (QED) is 0.633. The summed E-state index contributed by atoms with van der Waals surface area (Å²) in [6.07, 6.45) is 0.363. The van der Waals surface area contributed by atoms with E-state index in [0.29, 0.717) is 12.1 Å². The summed E-state index contributed by atoms with van der Waals surface area (Å²) < 4.78 is 1.15. The van der Waals surface area contributed by atoms with Crippen molar-refractivity contribution in [2.24, 2.45) is 0 Å². The van der Waals surface area contributed by atoms with Gasteiger partial charge in [-0.1, -0.05) is 12.1 Å². The smallest absolute Gasteiger partial charge is 0.358 e. The number of rotatable bonds is 4. The lowest BCUT2D eigenvalue weighted by Crippen LogP contribution is -2.39. The molecule has 18 heavy (non-hydrogen) atoms. The maximum Gasteiger partial charge on any atom is 0.358 e. The van der Waals surface area contributed by atoms with Crippen LogP contribution in [0, 0.1) is 0 Å². The van der Waals surface area contributed by atoms with Gasteiger partial charge in [0.25, 0.3) is 0 Å². The molecule has 0 aromatic carbocycles. The highest BCUT2D eigenvalue weighted by Crippen LogP contribution is 2.06. The van der Waals surface area contributed by atoms with Crippen LogP contribution in [0.25, 0.3) is 0 Å². The van der Waals surface area contributed by atoms with E-state index in [1.807, 2.05) is 5.32 Å². The summed E-state index contributed by atoms with van der Waals surface area (Å²) in [5, 5.41) is 20.2. The van der Waals surface area contributed by atoms with Crippen LogP contribution in [-0.2, 0) is 17.8 Å². The molecular weight excluding hydrogens is 242 g/mol. The molecule has 0 atom stereocenters. The van der Waals surface area contributed by atoms with Crippen LogP contribution in [0.15, 0.2) is 0 Å². The standard InChI is InChI=1S/C9H13N5O4/c1-3-5-7(8(16)17)12-13-14(5)4-6(15)11-9(18)10-2/h3-4H2,1-2H3,(H,16,17)(H2,10,11,15,18). The minimum absolute atomic E-state index is 0.190. The van der Waals surface area contributed by atoms with Crippen molar-refractivity contribution in [2.75, 3.05) is 7.05 Å². The predicted molar refractivity (Wildman–Crippen MR) is 59.0 cm³/mol. The van der Waals surface area contributed by atoms with E-state index in [1.54, 1.807) is 6.92 Å². The Morgan fingerprint density at radius 2 is 2.06 bits per heavy atom. The van der Waals surface area contributed by atoms with E-state index in [9.17, 15) is 14.4 Å². The number of amides is 3. The maximum absolute atomic E-state index is 11.4. The Morgan fingerprint density at radius 1 is 1.39 bits per heavy atom. The number of hydrogen-bond acceptors (Lipinski definition) is 5. The van der Waals surface area contributed by atoms with Crippen molar-refractivity contribution in [3.63, 3.8) is 0 Å². The van der Waals surface area contributed by atoms with Crippen LogP contribution in [-0.4, -0.2) is 45.1 Å². The molecule has 0 aliphatic heterocycles. The second-order valence-corrected chi connectivity index (χ2v) is 3.33. The lowest BCUT2D eigenvalue weighted by molar-refractivity contribution is -0.120. The second-order valence-electron chi connectivity index (χ2n) is 3.33. The molecule has 1 rings (SSSR count). The average molecular weight is 255 g/mol. The van der Waals surface area contributed by atoms with Gasteiger partial charge in [0.1, 0.15) is 6.54 Å². The van der Waals surface area contributed by atoms with Crippen molar-refractivity contribution in [1.29, 1.82) is 0 Å². The fourth-order valence-electron chi connectivity index (χ4n) is 1.34. The van der Waals surface area contributed by atoms with Crippen molar-refractivity contribution in [1.82, 2.24) is 25.6 Å². The molecule has 0 saturated carbocycles. The Bertz CT molecular complexity index is 481. The topological polar surface area (TPSA) is 126 Å². The van der Waals surface area contributed by atoms with Gasteiger partial charge in [-0.15, -0.1) is 5.10 Å². The minimum atomic E-state index is -1.20. The van der Waals surface area contributed by atoms with Gasteiger partial charge < -0.3 is 10.4 Å². The highest BCUT2D eigenvalue weighted by atomic mass is 16.4. The molecule has 3 amide bonds. The lowest BCUT2D eigenvalue weighted by Gasteiger charge is -2.05. The first-order valence-corrected chi connectivity index (χ1v) is 5.16. The van der Waals surface area contributed by atoms with Crippen LogP contribution in [0.3, 0.4) is 0 Å². The van der Waals surface area contributed by atoms with Gasteiger partial charge >= 0.3 is 12.0 Å². The van der Waals surface area contributed by atoms with E-state index in [-0.39, 0.29) is 12.2 Å². The normalized spacial score (nSPS) is 9.89. The first-order valence-electron chi connectivity index (χ1n) is 5.16. The van der Waals surface area contributed by atoms with Crippen molar-refractivity contribution < 1.29 is 19.5 Å². The fraction of sp³-hybridized carbons (Fsp3) is 0.444. The third-order valence-electron chi connectivity index (χ3n) is 2.15. The highest BCUT2D eigenvalue weighted by Gasteiger charge is 2.19. The zero-order valence-electron chi connectivity index (χ0n) is 9.93. The van der Waals surface area contributed by atoms with Gasteiger partial charge in [-0.2, -0.15) is 0 Å². The van der Waals surface area contributed by atoms with Crippen molar-refractivity contribution in [2.45, 2.75) is 19.9 Å². The molecule has 0 fully saturated rings. The first-order chi connectivity index (χ1) is 8.49. The van der Waals surface area contributed by atoms with Gasteiger partial charge in [0.2, 0.25) is 5.91 Å². The summed E-state index contributed by atoms with van der Waals surface area (Å²) in [6.45, 7) is 1.45. The van der Waals surface area contributed by atoms with E-state index in [4.69, 9.17) is 5.11 Å². The van der Waals surface area contributed by atoms with Crippen molar-refractivity contribution in [3.8, 4) is 0 Å². The number of aromatic nitrogens is 3. The minimum Gasteiger partial charge on any atom is -0.476 e. The third-order valence-corrected chi connectivity index (χ3v) is 2.15. The Balaban J connectivity index is 2.82. The molecule has 1 heterocycles. The van der Waals surface area contributed by atoms with Gasteiger partial charge in [-0.05, 0) is 6.42 Å². The molecule has 0 spiro atoms. The number of carboxylic acid groups (broad SMARTS) is 1. The Hall–Kier alpha value is -2.45. The van der Waals surface area contributed by atoms with Crippen LogP contribution in [0.5, 0.6) is 0 Å². The molecule has 1 aromatic heterocycles. The monoisotopic (exact) mass is 255 g/mol.